The molecule has 0 spiro atoms. The molecule has 1 amide bonds. The van der Waals surface area contributed by atoms with Crippen LogP contribution < -0.4 is 4.90 Å². The summed E-state index contributed by atoms with van der Waals surface area (Å²) in [5.74, 6) is -0.568. The lowest BCUT2D eigenvalue weighted by atomic mass is 10.0. The van der Waals surface area contributed by atoms with E-state index >= 15 is 0 Å². The highest BCUT2D eigenvalue weighted by molar-refractivity contribution is 7.09. The van der Waals surface area contributed by atoms with Gasteiger partial charge in [-0.1, -0.05) is 41.6 Å². The molecule has 136 valence electrons. The fourth-order valence-corrected chi connectivity index (χ4v) is 3.66. The van der Waals surface area contributed by atoms with E-state index < -0.39 is 0 Å². The lowest BCUT2D eigenvalue weighted by molar-refractivity contribution is -0.112. The van der Waals surface area contributed by atoms with Gasteiger partial charge < -0.3 is 9.74 Å². The van der Waals surface area contributed by atoms with E-state index in [0.29, 0.717) is 24.4 Å². The molecule has 4 rings (SSSR count). The van der Waals surface area contributed by atoms with Gasteiger partial charge in [-0.2, -0.15) is 0 Å². The van der Waals surface area contributed by atoms with Crippen LogP contribution in [0.15, 0.2) is 77.3 Å². The van der Waals surface area contributed by atoms with Crippen molar-refractivity contribution in [1.29, 1.82) is 0 Å². The van der Waals surface area contributed by atoms with Gasteiger partial charge in [-0.05, 0) is 41.3 Å². The van der Waals surface area contributed by atoms with Crippen LogP contribution >= 0.6 is 11.3 Å². The summed E-state index contributed by atoms with van der Waals surface area (Å²) in [4.78, 5) is 21.3. The van der Waals surface area contributed by atoms with Gasteiger partial charge in [-0.15, -0.1) is 11.3 Å². The first kappa shape index (κ1) is 17.4. The van der Waals surface area contributed by atoms with Crippen LogP contribution in [0.2, 0.25) is 0 Å². The summed E-state index contributed by atoms with van der Waals surface area (Å²) in [6.07, 6.45) is 0.146. The molecule has 1 atom stereocenters. The molecule has 1 aliphatic heterocycles. The van der Waals surface area contributed by atoms with Crippen LogP contribution in [0.3, 0.4) is 0 Å². The third kappa shape index (κ3) is 3.90. The average Bonchev–Trinajstić information content (AvgIpc) is 3.39. The molecule has 0 N–H and O–H groups in total. The van der Waals surface area contributed by atoms with Crippen molar-refractivity contribution in [3.05, 3.63) is 88.4 Å². The second kappa shape index (κ2) is 7.72. The highest BCUT2D eigenvalue weighted by Crippen LogP contribution is 2.29. The Hall–Kier alpha value is -2.99. The third-order valence-electron chi connectivity index (χ3n) is 4.36. The Labute approximate surface area is 160 Å². The van der Waals surface area contributed by atoms with E-state index in [2.05, 4.69) is 5.16 Å². The van der Waals surface area contributed by atoms with Crippen molar-refractivity contribution < 1.29 is 14.0 Å². The van der Waals surface area contributed by atoms with Crippen molar-refractivity contribution in [2.24, 2.45) is 5.16 Å². The first-order valence-corrected chi connectivity index (χ1v) is 9.46. The fourth-order valence-electron chi connectivity index (χ4n) is 2.97. The largest absolute Gasteiger partial charge is 0.387 e. The minimum atomic E-state index is -0.340. The van der Waals surface area contributed by atoms with Gasteiger partial charge in [0.15, 0.2) is 6.10 Å². The Balaban J connectivity index is 1.56. The summed E-state index contributed by atoms with van der Waals surface area (Å²) in [6, 6.07) is 19.5. The second-order valence-corrected chi connectivity index (χ2v) is 7.23. The van der Waals surface area contributed by atoms with Crippen molar-refractivity contribution in [2.45, 2.75) is 19.1 Å². The van der Waals surface area contributed by atoms with Crippen molar-refractivity contribution in [1.82, 2.24) is 0 Å². The number of anilines is 1. The van der Waals surface area contributed by atoms with Crippen LogP contribution in [-0.4, -0.2) is 11.6 Å². The summed E-state index contributed by atoms with van der Waals surface area (Å²) in [5, 5.41) is 6.00. The molecule has 0 radical (unpaired) electrons. The Kier molecular flexibility index (Phi) is 4.98. The van der Waals surface area contributed by atoms with Crippen molar-refractivity contribution in [3.63, 3.8) is 0 Å². The van der Waals surface area contributed by atoms with E-state index in [1.54, 1.807) is 28.4 Å². The van der Waals surface area contributed by atoms with Crippen molar-refractivity contribution in [2.75, 3.05) is 4.90 Å². The molecule has 0 fully saturated rings. The highest BCUT2D eigenvalue weighted by Gasteiger charge is 2.31. The number of amides is 1. The van der Waals surface area contributed by atoms with Gasteiger partial charge in [-0.3, -0.25) is 4.79 Å². The summed E-state index contributed by atoms with van der Waals surface area (Å²) >= 11 is 1.57. The maximum absolute atomic E-state index is 13.3. The standard InChI is InChI=1S/C21H17FN2O2S/c22-16-8-10-17(11-9-16)24(14-18-7-4-12-27-18)21(25)19-13-20(26-23-19)15-5-2-1-3-6-15/h1-12,20H,13-14H2. The van der Waals surface area contributed by atoms with E-state index in [4.69, 9.17) is 4.84 Å². The van der Waals surface area contributed by atoms with Gasteiger partial charge in [0.1, 0.15) is 11.5 Å². The molecular formula is C21H17FN2O2S. The predicted octanol–water partition coefficient (Wildman–Crippen LogP) is 4.94. The maximum Gasteiger partial charge on any atom is 0.276 e. The molecular weight excluding hydrogens is 363 g/mol. The number of hydrogen-bond acceptors (Lipinski definition) is 4. The first-order valence-electron chi connectivity index (χ1n) is 8.58. The summed E-state index contributed by atoms with van der Waals surface area (Å²) < 4.78 is 13.3. The Morgan fingerprint density at radius 1 is 1.11 bits per heavy atom. The van der Waals surface area contributed by atoms with Gasteiger partial charge in [0.05, 0.1) is 6.54 Å². The number of oxime groups is 1. The number of nitrogens with zero attached hydrogens (tertiary/aromatic N) is 2. The van der Waals surface area contributed by atoms with E-state index in [-0.39, 0.29) is 17.8 Å². The number of carbonyl (C=O) groups is 1. The van der Waals surface area contributed by atoms with Crippen LogP contribution in [-0.2, 0) is 16.2 Å². The molecule has 2 heterocycles. The second-order valence-electron chi connectivity index (χ2n) is 6.19. The highest BCUT2D eigenvalue weighted by atomic mass is 32.1. The molecule has 1 unspecified atom stereocenters. The molecule has 4 nitrogen and oxygen atoms in total. The van der Waals surface area contributed by atoms with Gasteiger partial charge in [0, 0.05) is 17.0 Å². The molecule has 27 heavy (non-hydrogen) atoms. The molecule has 0 aliphatic carbocycles. The monoisotopic (exact) mass is 380 g/mol. The number of carbonyl (C=O) groups excluding carboxylic acids is 1. The van der Waals surface area contributed by atoms with Crippen LogP contribution in [0.1, 0.15) is 23.0 Å². The van der Waals surface area contributed by atoms with Gasteiger partial charge in [0.2, 0.25) is 0 Å². The number of hydrogen-bond donors (Lipinski definition) is 0. The zero-order valence-electron chi connectivity index (χ0n) is 14.4. The quantitative estimate of drug-likeness (QED) is 0.629. The molecule has 2 aromatic carbocycles. The van der Waals surface area contributed by atoms with Crippen LogP contribution in [0.4, 0.5) is 10.1 Å². The molecule has 6 heteroatoms. The Morgan fingerprint density at radius 3 is 2.59 bits per heavy atom. The van der Waals surface area contributed by atoms with Gasteiger partial charge in [0.25, 0.3) is 5.91 Å². The van der Waals surface area contributed by atoms with E-state index in [0.717, 1.165) is 10.4 Å². The lowest BCUT2D eigenvalue weighted by Crippen LogP contribution is -2.35. The van der Waals surface area contributed by atoms with Gasteiger partial charge in [-0.25, -0.2) is 4.39 Å². The van der Waals surface area contributed by atoms with Crippen LogP contribution in [0, 0.1) is 5.82 Å². The zero-order valence-corrected chi connectivity index (χ0v) is 15.2. The maximum atomic E-state index is 13.3. The summed E-state index contributed by atoms with van der Waals surface area (Å²) in [5.41, 5.74) is 1.97. The van der Waals surface area contributed by atoms with Crippen LogP contribution in [0.25, 0.3) is 0 Å². The van der Waals surface area contributed by atoms with E-state index in [1.165, 1.54) is 12.1 Å². The number of halogens is 1. The van der Waals surface area contributed by atoms with E-state index in [9.17, 15) is 9.18 Å². The van der Waals surface area contributed by atoms with E-state index in [1.807, 2.05) is 47.8 Å². The topological polar surface area (TPSA) is 41.9 Å². The minimum Gasteiger partial charge on any atom is -0.387 e. The molecule has 3 aromatic rings. The Bertz CT molecular complexity index is 940. The molecule has 0 bridgehead atoms. The minimum absolute atomic E-state index is 0.228. The molecule has 1 aliphatic rings. The normalized spacial score (nSPS) is 15.9. The predicted molar refractivity (Wildman–Crippen MR) is 104 cm³/mol. The fraction of sp³-hybridized carbons (Fsp3) is 0.143. The smallest absolute Gasteiger partial charge is 0.276 e. The SMILES string of the molecule is O=C(C1=NOC(c2ccccc2)C1)N(Cc1cccs1)c1ccc(F)cc1. The van der Waals surface area contributed by atoms with Gasteiger partial charge >= 0.3 is 0 Å². The molecule has 0 saturated carbocycles. The Morgan fingerprint density at radius 2 is 1.89 bits per heavy atom. The number of rotatable bonds is 5. The number of thiophene rings is 1. The van der Waals surface area contributed by atoms with Crippen molar-refractivity contribution >= 4 is 28.6 Å². The van der Waals surface area contributed by atoms with Crippen LogP contribution in [0.5, 0.6) is 0 Å². The zero-order chi connectivity index (χ0) is 18.6. The summed E-state index contributed by atoms with van der Waals surface area (Å²) in [7, 11) is 0. The molecule has 0 saturated heterocycles. The average molecular weight is 380 g/mol. The first-order chi connectivity index (χ1) is 13.2. The number of benzene rings is 2. The van der Waals surface area contributed by atoms with Crippen molar-refractivity contribution in [3.8, 4) is 0 Å². The summed E-state index contributed by atoms with van der Waals surface area (Å²) in [6.45, 7) is 0.400. The molecule has 1 aromatic heterocycles. The lowest BCUT2D eigenvalue weighted by Gasteiger charge is -2.22. The third-order valence-corrected chi connectivity index (χ3v) is 5.23.